The van der Waals surface area contributed by atoms with Crippen molar-refractivity contribution < 1.29 is 9.47 Å². The molecule has 0 aromatic carbocycles. The van der Waals surface area contributed by atoms with E-state index in [0.29, 0.717) is 0 Å². The van der Waals surface area contributed by atoms with Crippen LogP contribution in [-0.2, 0) is 9.47 Å². The zero-order chi connectivity index (χ0) is 8.91. The Kier molecular flexibility index (Phi) is 4.69. The first-order chi connectivity index (χ1) is 5.08. The molecule has 0 unspecified atom stereocenters. The molecule has 0 bridgehead atoms. The van der Waals surface area contributed by atoms with Crippen LogP contribution in [0.3, 0.4) is 0 Å². The second-order valence-electron chi connectivity index (χ2n) is 3.03. The molecule has 0 heterocycles. The fraction of sp³-hybridized carbons (Fsp3) is 0.889. The van der Waals surface area contributed by atoms with Gasteiger partial charge in [0, 0.05) is 20.6 Å². The molecule has 67 valence electrons. The molecule has 0 aromatic heterocycles. The molecule has 0 amide bonds. The number of rotatable bonds is 5. The van der Waals surface area contributed by atoms with Gasteiger partial charge in [-0.25, -0.2) is 0 Å². The van der Waals surface area contributed by atoms with Crippen LogP contribution in [0, 0.1) is 5.92 Å². The Bertz CT molecular complexity index is 97.7. The van der Waals surface area contributed by atoms with Crippen LogP contribution in [0.2, 0.25) is 0 Å². The van der Waals surface area contributed by atoms with E-state index < -0.39 is 5.79 Å². The first-order valence-corrected chi connectivity index (χ1v) is 3.99. The van der Waals surface area contributed by atoms with Gasteiger partial charge in [0.2, 0.25) is 0 Å². The summed E-state index contributed by atoms with van der Waals surface area (Å²) in [5.41, 5.74) is 0. The van der Waals surface area contributed by atoms with Gasteiger partial charge in [-0.2, -0.15) is 0 Å². The Morgan fingerprint density at radius 3 is 2.00 bits per heavy atom. The van der Waals surface area contributed by atoms with Crippen LogP contribution in [0.5, 0.6) is 0 Å². The van der Waals surface area contributed by atoms with Crippen molar-refractivity contribution in [1.82, 2.24) is 0 Å². The lowest BCUT2D eigenvalue weighted by Gasteiger charge is -2.28. The molecule has 11 heavy (non-hydrogen) atoms. The molecule has 1 radical (unpaired) electrons. The zero-order valence-corrected chi connectivity index (χ0v) is 8.23. The molecule has 2 heteroatoms. The summed E-state index contributed by atoms with van der Waals surface area (Å²) in [7, 11) is 3.35. The summed E-state index contributed by atoms with van der Waals surface area (Å²) >= 11 is 0. The molecular weight excluding hydrogens is 140 g/mol. The van der Waals surface area contributed by atoms with Gasteiger partial charge in [0.1, 0.15) is 0 Å². The molecule has 0 aromatic rings. The summed E-state index contributed by atoms with van der Waals surface area (Å²) in [6.45, 7) is 6.21. The summed E-state index contributed by atoms with van der Waals surface area (Å²) in [5, 5.41) is 0. The average Bonchev–Trinajstić information content (AvgIpc) is 2.04. The average molecular weight is 159 g/mol. The lowest BCUT2D eigenvalue weighted by molar-refractivity contribution is -0.194. The predicted octanol–water partition coefficient (Wildman–Crippen LogP) is 2.39. The molecule has 0 atom stereocenters. The molecule has 0 aliphatic carbocycles. The second-order valence-corrected chi connectivity index (χ2v) is 3.03. The lowest BCUT2D eigenvalue weighted by atomic mass is 9.99. The quantitative estimate of drug-likeness (QED) is 0.573. The van der Waals surface area contributed by atoms with Gasteiger partial charge in [-0.1, -0.05) is 20.3 Å². The maximum absolute atomic E-state index is 5.22. The summed E-state index contributed by atoms with van der Waals surface area (Å²) in [4.78, 5) is 0. The van der Waals surface area contributed by atoms with Crippen LogP contribution < -0.4 is 0 Å². The lowest BCUT2D eigenvalue weighted by Crippen LogP contribution is -2.31. The third-order valence-corrected chi connectivity index (χ3v) is 2.09. The highest BCUT2D eigenvalue weighted by Crippen LogP contribution is 2.23. The van der Waals surface area contributed by atoms with Gasteiger partial charge in [-0.3, -0.25) is 0 Å². The molecule has 0 spiro atoms. The van der Waals surface area contributed by atoms with Crippen molar-refractivity contribution in [1.29, 1.82) is 0 Å². The van der Waals surface area contributed by atoms with E-state index >= 15 is 0 Å². The van der Waals surface area contributed by atoms with E-state index in [1.165, 1.54) is 5.92 Å². The Morgan fingerprint density at radius 1 is 1.27 bits per heavy atom. The van der Waals surface area contributed by atoms with Crippen molar-refractivity contribution in [2.75, 3.05) is 14.2 Å². The van der Waals surface area contributed by atoms with E-state index in [4.69, 9.17) is 9.47 Å². The van der Waals surface area contributed by atoms with Gasteiger partial charge in [0.05, 0.1) is 0 Å². The van der Waals surface area contributed by atoms with Gasteiger partial charge in [-0.05, 0) is 12.8 Å². The zero-order valence-electron chi connectivity index (χ0n) is 8.23. The molecule has 0 aliphatic rings. The minimum Gasteiger partial charge on any atom is -0.353 e. The van der Waals surface area contributed by atoms with E-state index in [2.05, 4.69) is 13.8 Å². The van der Waals surface area contributed by atoms with Crippen LogP contribution in [0.25, 0.3) is 0 Å². The van der Waals surface area contributed by atoms with E-state index in [1.54, 1.807) is 14.2 Å². The van der Waals surface area contributed by atoms with E-state index in [0.717, 1.165) is 12.8 Å². The van der Waals surface area contributed by atoms with Crippen molar-refractivity contribution >= 4 is 0 Å². The number of hydrogen-bond donors (Lipinski definition) is 0. The van der Waals surface area contributed by atoms with Crippen molar-refractivity contribution in [2.24, 2.45) is 0 Å². The topological polar surface area (TPSA) is 18.5 Å². The maximum atomic E-state index is 5.22. The molecule has 0 rings (SSSR count). The first kappa shape index (κ1) is 10.9. The Balaban J connectivity index is 3.86. The van der Waals surface area contributed by atoms with Crippen molar-refractivity contribution in [3.63, 3.8) is 0 Å². The smallest absolute Gasteiger partial charge is 0.165 e. The molecule has 0 fully saturated rings. The van der Waals surface area contributed by atoms with Crippen molar-refractivity contribution in [3.05, 3.63) is 5.92 Å². The Labute approximate surface area is 69.9 Å². The fourth-order valence-electron chi connectivity index (χ4n) is 0.901. The van der Waals surface area contributed by atoms with Gasteiger partial charge >= 0.3 is 0 Å². The first-order valence-electron chi connectivity index (χ1n) is 3.99. The summed E-state index contributed by atoms with van der Waals surface area (Å²) in [5.74, 6) is 0.969. The SMILES string of the molecule is CC[C](C)CC(C)(OC)OC. The number of methoxy groups -OCH3 is 2. The minimum absolute atomic E-state index is 0.430. The predicted molar refractivity (Wildman–Crippen MR) is 46.2 cm³/mol. The van der Waals surface area contributed by atoms with Crippen LogP contribution in [0.1, 0.15) is 33.6 Å². The summed E-state index contributed by atoms with van der Waals surface area (Å²) in [6.07, 6.45) is 1.96. The monoisotopic (exact) mass is 159 g/mol. The van der Waals surface area contributed by atoms with Gasteiger partial charge < -0.3 is 9.47 Å². The largest absolute Gasteiger partial charge is 0.353 e. The van der Waals surface area contributed by atoms with Crippen LogP contribution >= 0.6 is 0 Å². The van der Waals surface area contributed by atoms with Crippen LogP contribution in [0.15, 0.2) is 0 Å². The molecular formula is C9H19O2. The van der Waals surface area contributed by atoms with Gasteiger partial charge in [0.25, 0.3) is 0 Å². The molecule has 2 nitrogen and oxygen atoms in total. The van der Waals surface area contributed by atoms with Gasteiger partial charge in [0.15, 0.2) is 5.79 Å². The summed E-state index contributed by atoms with van der Waals surface area (Å²) in [6, 6.07) is 0. The molecule has 0 N–H and O–H groups in total. The number of hydrogen-bond acceptors (Lipinski definition) is 2. The molecule has 0 saturated heterocycles. The second kappa shape index (κ2) is 4.73. The number of ether oxygens (including phenoxy) is 2. The highest BCUT2D eigenvalue weighted by Gasteiger charge is 2.24. The highest BCUT2D eigenvalue weighted by atomic mass is 16.7. The Hall–Kier alpha value is -0.0800. The van der Waals surface area contributed by atoms with Gasteiger partial charge in [-0.15, -0.1) is 0 Å². The van der Waals surface area contributed by atoms with E-state index in [1.807, 2.05) is 6.92 Å². The van der Waals surface area contributed by atoms with Crippen molar-refractivity contribution in [2.45, 2.75) is 39.4 Å². The maximum Gasteiger partial charge on any atom is 0.165 e. The molecule has 0 aliphatic heterocycles. The third-order valence-electron chi connectivity index (χ3n) is 2.09. The van der Waals surface area contributed by atoms with Crippen molar-refractivity contribution in [3.8, 4) is 0 Å². The van der Waals surface area contributed by atoms with Crippen LogP contribution in [0.4, 0.5) is 0 Å². The normalized spacial score (nSPS) is 12.5. The molecule has 0 saturated carbocycles. The Morgan fingerprint density at radius 2 is 1.73 bits per heavy atom. The fourth-order valence-corrected chi connectivity index (χ4v) is 0.901. The van der Waals surface area contributed by atoms with Crippen LogP contribution in [-0.4, -0.2) is 20.0 Å². The van der Waals surface area contributed by atoms with E-state index in [9.17, 15) is 0 Å². The standard InChI is InChI=1S/C9H19O2/c1-6-8(2)7-9(3,10-4)11-5/h6-7H2,1-5H3. The highest BCUT2D eigenvalue weighted by molar-refractivity contribution is 4.87. The minimum atomic E-state index is -0.430. The van der Waals surface area contributed by atoms with E-state index in [-0.39, 0.29) is 0 Å². The summed E-state index contributed by atoms with van der Waals surface area (Å²) < 4.78 is 10.4. The third kappa shape index (κ3) is 3.73.